The van der Waals surface area contributed by atoms with Crippen molar-refractivity contribution in [2.45, 2.75) is 12.3 Å². The Balaban J connectivity index is 2.18. The molecule has 0 fully saturated rings. The van der Waals surface area contributed by atoms with Crippen molar-refractivity contribution in [1.29, 1.82) is 0 Å². The Hall–Kier alpha value is -2.51. The number of aromatic nitrogens is 1. The highest BCUT2D eigenvalue weighted by atomic mass is 19.4. The Labute approximate surface area is 117 Å². The van der Waals surface area contributed by atoms with E-state index in [-0.39, 0.29) is 18.8 Å². The quantitative estimate of drug-likeness (QED) is 0.768. The first-order chi connectivity index (χ1) is 9.99. The van der Waals surface area contributed by atoms with Gasteiger partial charge in [0.1, 0.15) is 18.6 Å². The van der Waals surface area contributed by atoms with Crippen LogP contribution in [0.25, 0.3) is 0 Å². The lowest BCUT2D eigenvalue weighted by Crippen LogP contribution is -2.17. The van der Waals surface area contributed by atoms with E-state index in [1.807, 2.05) is 0 Å². The second-order valence-corrected chi connectivity index (χ2v) is 4.01. The van der Waals surface area contributed by atoms with Crippen LogP contribution >= 0.6 is 0 Å². The van der Waals surface area contributed by atoms with Crippen LogP contribution in [0.5, 0.6) is 5.75 Å². The average molecular weight is 301 g/mol. The molecule has 0 saturated carbocycles. The van der Waals surface area contributed by atoms with Crippen molar-refractivity contribution in [1.82, 2.24) is 4.98 Å². The molecule has 2 rings (SSSR count). The molecule has 0 aliphatic carbocycles. The van der Waals surface area contributed by atoms with Gasteiger partial charge in [-0.3, -0.25) is 4.79 Å². The molecule has 1 aromatic heterocycles. The number of hydrogen-bond acceptors (Lipinski definition) is 5. The molecule has 5 nitrogen and oxygen atoms in total. The van der Waals surface area contributed by atoms with E-state index in [1.165, 1.54) is 36.9 Å². The number of hydrogen-bond donors (Lipinski definition) is 0. The standard InChI is InChI=1S/C13H10F3NO4/c14-13(15,16)21-10-3-1-9(2-4-10)11(5-20-8-18)12-6-19-7-17-12/h1-4,6-8,11H,5H2. The van der Waals surface area contributed by atoms with Gasteiger partial charge in [-0.1, -0.05) is 12.1 Å². The molecule has 0 aliphatic rings. The van der Waals surface area contributed by atoms with Crippen LogP contribution in [-0.2, 0) is 9.53 Å². The van der Waals surface area contributed by atoms with Crippen molar-refractivity contribution in [3.05, 3.63) is 48.2 Å². The topological polar surface area (TPSA) is 61.6 Å². The summed E-state index contributed by atoms with van der Waals surface area (Å²) in [7, 11) is 0. The van der Waals surface area contributed by atoms with Gasteiger partial charge in [-0.2, -0.15) is 0 Å². The molecule has 0 spiro atoms. The van der Waals surface area contributed by atoms with Gasteiger partial charge in [0, 0.05) is 0 Å². The average Bonchev–Trinajstić information content (AvgIpc) is 2.93. The van der Waals surface area contributed by atoms with Crippen LogP contribution in [0.15, 0.2) is 41.3 Å². The van der Waals surface area contributed by atoms with Crippen LogP contribution in [0, 0.1) is 0 Å². The number of nitrogens with zero attached hydrogens (tertiary/aromatic N) is 1. The highest BCUT2D eigenvalue weighted by Crippen LogP contribution is 2.28. The largest absolute Gasteiger partial charge is 0.573 e. The molecule has 1 unspecified atom stereocenters. The number of rotatable bonds is 6. The maximum atomic E-state index is 12.1. The lowest BCUT2D eigenvalue weighted by Gasteiger charge is -2.14. The van der Waals surface area contributed by atoms with Crippen LogP contribution in [-0.4, -0.2) is 24.4 Å². The second kappa shape index (κ2) is 6.29. The summed E-state index contributed by atoms with van der Waals surface area (Å²) in [6.07, 6.45) is -2.16. The van der Waals surface area contributed by atoms with E-state index >= 15 is 0 Å². The summed E-state index contributed by atoms with van der Waals surface area (Å²) in [5, 5.41) is 0. The van der Waals surface area contributed by atoms with Gasteiger partial charge in [0.05, 0.1) is 11.6 Å². The fraction of sp³-hybridized carbons (Fsp3) is 0.231. The normalized spacial score (nSPS) is 12.7. The summed E-state index contributed by atoms with van der Waals surface area (Å²) in [4.78, 5) is 14.3. The summed E-state index contributed by atoms with van der Waals surface area (Å²) < 4.78 is 49.6. The first-order valence-corrected chi connectivity index (χ1v) is 5.78. The molecule has 2 aromatic rings. The number of carbonyl (C=O) groups excluding carboxylic acids is 1. The molecule has 0 N–H and O–H groups in total. The van der Waals surface area contributed by atoms with Crippen molar-refractivity contribution in [2.24, 2.45) is 0 Å². The third-order valence-electron chi connectivity index (χ3n) is 2.66. The predicted molar refractivity (Wildman–Crippen MR) is 63.5 cm³/mol. The summed E-state index contributed by atoms with van der Waals surface area (Å²) in [5.41, 5.74) is 1.11. The van der Waals surface area contributed by atoms with Crippen molar-refractivity contribution in [2.75, 3.05) is 6.61 Å². The van der Waals surface area contributed by atoms with Gasteiger partial charge < -0.3 is 13.9 Å². The summed E-state index contributed by atoms with van der Waals surface area (Å²) in [6, 6.07) is 5.23. The highest BCUT2D eigenvalue weighted by molar-refractivity contribution is 5.38. The minimum atomic E-state index is -4.74. The van der Waals surface area contributed by atoms with Crippen LogP contribution in [0.2, 0.25) is 0 Å². The summed E-state index contributed by atoms with van der Waals surface area (Å²) >= 11 is 0. The number of benzene rings is 1. The molecule has 1 aromatic carbocycles. The number of halogens is 3. The third-order valence-corrected chi connectivity index (χ3v) is 2.66. The van der Waals surface area contributed by atoms with Gasteiger partial charge in [0.15, 0.2) is 6.39 Å². The fourth-order valence-electron chi connectivity index (χ4n) is 1.78. The Morgan fingerprint density at radius 3 is 2.52 bits per heavy atom. The molecule has 0 bridgehead atoms. The Morgan fingerprint density at radius 2 is 2.00 bits per heavy atom. The van der Waals surface area contributed by atoms with Crippen LogP contribution in [0.4, 0.5) is 13.2 Å². The molecular formula is C13H10F3NO4. The molecule has 21 heavy (non-hydrogen) atoms. The van der Waals surface area contributed by atoms with E-state index in [9.17, 15) is 18.0 Å². The molecule has 8 heteroatoms. The Kier molecular flexibility index (Phi) is 4.46. The molecule has 1 atom stereocenters. The first-order valence-electron chi connectivity index (χ1n) is 5.78. The van der Waals surface area contributed by atoms with Gasteiger partial charge in [0.2, 0.25) is 0 Å². The SMILES string of the molecule is O=COCC(c1ccc(OC(F)(F)F)cc1)c1cocn1. The Morgan fingerprint density at radius 1 is 1.29 bits per heavy atom. The van der Waals surface area contributed by atoms with Crippen molar-refractivity contribution in [3.63, 3.8) is 0 Å². The van der Waals surface area contributed by atoms with Crippen LogP contribution in [0.1, 0.15) is 17.2 Å². The smallest absolute Gasteiger partial charge is 0.467 e. The van der Waals surface area contributed by atoms with E-state index in [0.29, 0.717) is 11.3 Å². The molecular weight excluding hydrogens is 291 g/mol. The van der Waals surface area contributed by atoms with E-state index in [0.717, 1.165) is 0 Å². The van der Waals surface area contributed by atoms with Gasteiger partial charge in [-0.05, 0) is 17.7 Å². The minimum Gasteiger partial charge on any atom is -0.467 e. The molecule has 0 amide bonds. The molecule has 1 heterocycles. The molecule has 0 saturated heterocycles. The van der Waals surface area contributed by atoms with Crippen molar-refractivity contribution < 1.29 is 31.9 Å². The molecule has 0 radical (unpaired) electrons. The number of carbonyl (C=O) groups is 1. The van der Waals surface area contributed by atoms with Crippen molar-refractivity contribution >= 4 is 6.47 Å². The minimum absolute atomic E-state index is 0.00446. The zero-order chi connectivity index (χ0) is 15.3. The lowest BCUT2D eigenvalue weighted by atomic mass is 9.97. The van der Waals surface area contributed by atoms with E-state index in [4.69, 9.17) is 9.15 Å². The Bertz CT molecular complexity index is 566. The van der Waals surface area contributed by atoms with Gasteiger partial charge in [0.25, 0.3) is 6.47 Å². The maximum absolute atomic E-state index is 12.1. The number of oxazole rings is 1. The zero-order valence-corrected chi connectivity index (χ0v) is 10.5. The van der Waals surface area contributed by atoms with Crippen LogP contribution in [0.3, 0.4) is 0 Å². The molecule has 112 valence electrons. The van der Waals surface area contributed by atoms with Gasteiger partial charge in [-0.15, -0.1) is 13.2 Å². The lowest BCUT2D eigenvalue weighted by molar-refractivity contribution is -0.274. The fourth-order valence-corrected chi connectivity index (χ4v) is 1.78. The van der Waals surface area contributed by atoms with E-state index in [1.54, 1.807) is 0 Å². The molecule has 0 aliphatic heterocycles. The van der Waals surface area contributed by atoms with Crippen LogP contribution < -0.4 is 4.74 Å². The summed E-state index contributed by atoms with van der Waals surface area (Å²) in [5.74, 6) is -0.768. The van der Waals surface area contributed by atoms with Crippen molar-refractivity contribution in [3.8, 4) is 5.75 Å². The number of ether oxygens (including phenoxy) is 2. The monoisotopic (exact) mass is 301 g/mol. The summed E-state index contributed by atoms with van der Waals surface area (Å²) in [6.45, 7) is 0.281. The van der Waals surface area contributed by atoms with E-state index < -0.39 is 12.3 Å². The predicted octanol–water partition coefficient (Wildman–Crippen LogP) is 2.88. The van der Waals surface area contributed by atoms with Gasteiger partial charge >= 0.3 is 6.36 Å². The van der Waals surface area contributed by atoms with E-state index in [2.05, 4.69) is 9.72 Å². The van der Waals surface area contributed by atoms with Gasteiger partial charge in [-0.25, -0.2) is 4.98 Å². The first kappa shape index (κ1) is 14.9. The maximum Gasteiger partial charge on any atom is 0.573 e. The second-order valence-electron chi connectivity index (χ2n) is 4.01. The highest BCUT2D eigenvalue weighted by Gasteiger charge is 2.31. The third kappa shape index (κ3) is 4.23. The number of alkyl halides is 3. The zero-order valence-electron chi connectivity index (χ0n) is 10.5.